The third kappa shape index (κ3) is 2.37. The maximum Gasteiger partial charge on any atom is 0.224 e. The lowest BCUT2D eigenvalue weighted by molar-refractivity contribution is 0.133. The quantitative estimate of drug-likeness (QED) is 0.885. The minimum Gasteiger partial charge on any atom is -0.393 e. The number of aliphatic hydroxyl groups is 1. The molecule has 3 unspecified atom stereocenters. The lowest BCUT2D eigenvalue weighted by Crippen LogP contribution is -2.25. The summed E-state index contributed by atoms with van der Waals surface area (Å²) in [5, 5.41) is 13.6. The van der Waals surface area contributed by atoms with Gasteiger partial charge in [0, 0.05) is 25.6 Å². The largest absolute Gasteiger partial charge is 0.393 e. The molecule has 2 aliphatic rings. The van der Waals surface area contributed by atoms with Crippen LogP contribution in [0.15, 0.2) is 6.20 Å². The first-order valence-corrected chi connectivity index (χ1v) is 7.26. The molecule has 1 aromatic rings. The lowest BCUT2D eigenvalue weighted by atomic mass is 10.00. The van der Waals surface area contributed by atoms with Gasteiger partial charge in [-0.3, -0.25) is 0 Å². The average Bonchev–Trinajstić information content (AvgIpc) is 2.95. The zero-order valence-electron chi connectivity index (χ0n) is 11.0. The molecule has 104 valence electrons. The molecule has 0 bridgehead atoms. The van der Waals surface area contributed by atoms with Crippen molar-refractivity contribution in [3.63, 3.8) is 0 Å². The van der Waals surface area contributed by atoms with Crippen LogP contribution in [-0.4, -0.2) is 40.8 Å². The number of nitrogens with zero attached hydrogens (tertiary/aromatic N) is 3. The number of rotatable bonds is 3. The molecule has 0 aromatic carbocycles. The van der Waals surface area contributed by atoms with Crippen LogP contribution in [0.3, 0.4) is 0 Å². The molecule has 19 heavy (non-hydrogen) atoms. The number of hydrogen-bond donors (Lipinski definition) is 2. The van der Waals surface area contributed by atoms with Crippen LogP contribution < -0.4 is 10.2 Å². The first-order valence-electron chi connectivity index (χ1n) is 6.88. The highest BCUT2D eigenvalue weighted by atomic mass is 35.5. The molecule has 1 saturated carbocycles. The summed E-state index contributed by atoms with van der Waals surface area (Å²) in [7, 11) is 0. The minimum atomic E-state index is -0.163. The zero-order chi connectivity index (χ0) is 13.4. The van der Waals surface area contributed by atoms with Gasteiger partial charge in [-0.2, -0.15) is 4.98 Å². The first-order chi connectivity index (χ1) is 9.19. The molecule has 1 aliphatic carbocycles. The molecule has 3 rings (SSSR count). The van der Waals surface area contributed by atoms with Crippen molar-refractivity contribution >= 4 is 23.4 Å². The number of anilines is 2. The molecule has 3 atom stereocenters. The predicted molar refractivity (Wildman–Crippen MR) is 75.6 cm³/mol. The minimum absolute atomic E-state index is 0.163. The van der Waals surface area contributed by atoms with Crippen LogP contribution in [-0.2, 0) is 0 Å². The zero-order valence-corrected chi connectivity index (χ0v) is 11.8. The van der Waals surface area contributed by atoms with Gasteiger partial charge in [-0.15, -0.1) is 0 Å². The molecule has 5 nitrogen and oxygen atoms in total. The van der Waals surface area contributed by atoms with E-state index < -0.39 is 0 Å². The molecular weight excluding hydrogens is 264 g/mol. The van der Waals surface area contributed by atoms with Crippen LogP contribution in [0, 0.1) is 11.8 Å². The number of hydrogen-bond acceptors (Lipinski definition) is 5. The number of halogens is 1. The maximum atomic E-state index is 9.97. The third-order valence-corrected chi connectivity index (χ3v) is 4.45. The van der Waals surface area contributed by atoms with Gasteiger partial charge >= 0.3 is 0 Å². The molecule has 1 saturated heterocycles. The van der Waals surface area contributed by atoms with Gasteiger partial charge in [0.05, 0.1) is 12.3 Å². The van der Waals surface area contributed by atoms with E-state index in [-0.39, 0.29) is 6.10 Å². The molecule has 0 radical (unpaired) electrons. The Morgan fingerprint density at radius 1 is 1.47 bits per heavy atom. The predicted octanol–water partition coefficient (Wildman–Crippen LogP) is 1.77. The second-order valence-electron chi connectivity index (χ2n) is 5.37. The maximum absolute atomic E-state index is 9.97. The standard InChI is InChI=1S/C13H19ClN4O/c1-2-15-13-16-5-10(14)12(17-13)18-6-8-3-4-11(19)9(8)7-18/h5,8-9,11,19H,2-4,6-7H2,1H3,(H,15,16,17). The van der Waals surface area contributed by atoms with Crippen LogP contribution in [0.2, 0.25) is 5.02 Å². The Bertz CT molecular complexity index is 470. The van der Waals surface area contributed by atoms with Gasteiger partial charge < -0.3 is 15.3 Å². The van der Waals surface area contributed by atoms with E-state index in [2.05, 4.69) is 20.2 Å². The lowest BCUT2D eigenvalue weighted by Gasteiger charge is -2.20. The van der Waals surface area contributed by atoms with Crippen molar-refractivity contribution in [1.82, 2.24) is 9.97 Å². The molecule has 1 aliphatic heterocycles. The van der Waals surface area contributed by atoms with Crippen LogP contribution in [0.1, 0.15) is 19.8 Å². The molecule has 2 N–H and O–H groups in total. The van der Waals surface area contributed by atoms with E-state index in [1.54, 1.807) is 6.20 Å². The van der Waals surface area contributed by atoms with E-state index in [0.29, 0.717) is 22.8 Å². The molecule has 2 fully saturated rings. The topological polar surface area (TPSA) is 61.3 Å². The summed E-state index contributed by atoms with van der Waals surface area (Å²) in [6.07, 6.45) is 3.52. The smallest absolute Gasteiger partial charge is 0.224 e. The molecule has 1 aromatic heterocycles. The van der Waals surface area contributed by atoms with E-state index in [9.17, 15) is 5.11 Å². The average molecular weight is 283 g/mol. The fourth-order valence-corrected chi connectivity index (χ4v) is 3.44. The molecule has 0 amide bonds. The fraction of sp³-hybridized carbons (Fsp3) is 0.692. The monoisotopic (exact) mass is 282 g/mol. The molecular formula is C13H19ClN4O. The van der Waals surface area contributed by atoms with Crippen LogP contribution in [0.25, 0.3) is 0 Å². The summed E-state index contributed by atoms with van der Waals surface area (Å²) < 4.78 is 0. The molecule has 0 spiro atoms. The van der Waals surface area contributed by atoms with Gasteiger partial charge in [-0.1, -0.05) is 11.6 Å². The van der Waals surface area contributed by atoms with E-state index >= 15 is 0 Å². The van der Waals surface area contributed by atoms with E-state index in [0.717, 1.165) is 38.3 Å². The van der Waals surface area contributed by atoms with Crippen molar-refractivity contribution in [3.8, 4) is 0 Å². The van der Waals surface area contributed by atoms with Crippen molar-refractivity contribution in [2.45, 2.75) is 25.9 Å². The van der Waals surface area contributed by atoms with Crippen molar-refractivity contribution < 1.29 is 5.11 Å². The van der Waals surface area contributed by atoms with E-state index in [1.165, 1.54) is 0 Å². The Kier molecular flexibility index (Phi) is 3.50. The Morgan fingerprint density at radius 3 is 3.05 bits per heavy atom. The second kappa shape index (κ2) is 5.13. The van der Waals surface area contributed by atoms with Gasteiger partial charge in [0.1, 0.15) is 5.02 Å². The van der Waals surface area contributed by atoms with Crippen LogP contribution in [0.4, 0.5) is 11.8 Å². The number of aromatic nitrogens is 2. The summed E-state index contributed by atoms with van der Waals surface area (Å²) in [4.78, 5) is 10.8. The highest BCUT2D eigenvalue weighted by Gasteiger charge is 2.42. The Hall–Kier alpha value is -1.07. The number of nitrogens with one attached hydrogen (secondary N) is 1. The van der Waals surface area contributed by atoms with Crippen molar-refractivity contribution in [3.05, 3.63) is 11.2 Å². The summed E-state index contributed by atoms with van der Waals surface area (Å²) >= 11 is 6.21. The van der Waals surface area contributed by atoms with Crippen LogP contribution in [0.5, 0.6) is 0 Å². The van der Waals surface area contributed by atoms with Gasteiger partial charge in [0.2, 0.25) is 5.95 Å². The first kappa shape index (κ1) is 12.9. The SMILES string of the molecule is CCNc1ncc(Cl)c(N2CC3CCC(O)C3C2)n1. The Labute approximate surface area is 118 Å². The summed E-state index contributed by atoms with van der Waals surface area (Å²) in [5.41, 5.74) is 0. The Balaban J connectivity index is 1.81. The highest BCUT2D eigenvalue weighted by Crippen LogP contribution is 2.40. The van der Waals surface area contributed by atoms with Gasteiger partial charge in [-0.25, -0.2) is 4.98 Å². The highest BCUT2D eigenvalue weighted by molar-refractivity contribution is 6.32. The normalized spacial score (nSPS) is 29.6. The third-order valence-electron chi connectivity index (χ3n) is 4.18. The van der Waals surface area contributed by atoms with Gasteiger partial charge in [0.25, 0.3) is 0 Å². The van der Waals surface area contributed by atoms with Crippen LogP contribution >= 0.6 is 11.6 Å². The van der Waals surface area contributed by atoms with Crippen molar-refractivity contribution in [1.29, 1.82) is 0 Å². The van der Waals surface area contributed by atoms with Gasteiger partial charge in [0.15, 0.2) is 5.82 Å². The fourth-order valence-electron chi connectivity index (χ4n) is 3.23. The van der Waals surface area contributed by atoms with E-state index in [1.807, 2.05) is 6.92 Å². The molecule has 2 heterocycles. The van der Waals surface area contributed by atoms with E-state index in [4.69, 9.17) is 11.6 Å². The number of fused-ring (bicyclic) bond motifs is 1. The van der Waals surface area contributed by atoms with Gasteiger partial charge in [-0.05, 0) is 25.7 Å². The Morgan fingerprint density at radius 2 is 2.32 bits per heavy atom. The summed E-state index contributed by atoms with van der Waals surface area (Å²) in [6.45, 7) is 4.57. The molecule has 6 heteroatoms. The van der Waals surface area contributed by atoms with Crippen molar-refractivity contribution in [2.24, 2.45) is 11.8 Å². The van der Waals surface area contributed by atoms with Crippen molar-refractivity contribution in [2.75, 3.05) is 29.9 Å². The number of aliphatic hydroxyl groups excluding tert-OH is 1. The summed E-state index contributed by atoms with van der Waals surface area (Å²) in [5.74, 6) is 2.34. The second-order valence-corrected chi connectivity index (χ2v) is 5.78. The summed E-state index contributed by atoms with van der Waals surface area (Å²) in [6, 6.07) is 0.